The van der Waals surface area contributed by atoms with E-state index in [1.54, 1.807) is 0 Å². The molecule has 0 fully saturated rings. The molecular formula is C21H20O2Sn. The minimum absolute atomic E-state index is 0. The molecule has 0 spiro atoms. The minimum atomic E-state index is -0.272. The van der Waals surface area contributed by atoms with E-state index in [-0.39, 0.29) is 35.3 Å². The maximum absolute atomic E-state index is 12.5. The van der Waals surface area contributed by atoms with E-state index in [1.165, 1.54) is 0 Å². The van der Waals surface area contributed by atoms with Gasteiger partial charge in [-0.15, -0.1) is 0 Å². The quantitative estimate of drug-likeness (QED) is 0.454. The van der Waals surface area contributed by atoms with Gasteiger partial charge >= 0.3 is 5.97 Å². The Morgan fingerprint density at radius 3 is 2.25 bits per heavy atom. The molecule has 0 amide bonds. The van der Waals surface area contributed by atoms with Crippen molar-refractivity contribution in [2.24, 2.45) is 0 Å². The van der Waals surface area contributed by atoms with Crippen molar-refractivity contribution in [2.75, 3.05) is 6.61 Å². The van der Waals surface area contributed by atoms with E-state index in [1.807, 2.05) is 60.7 Å². The largest absolute Gasteiger partial charge is 0.461 e. The molecule has 2 nitrogen and oxygen atoms in total. The van der Waals surface area contributed by atoms with Crippen molar-refractivity contribution in [1.82, 2.24) is 0 Å². The number of fused-ring (bicyclic) bond motifs is 1. The van der Waals surface area contributed by atoms with E-state index in [9.17, 15) is 4.79 Å². The van der Waals surface area contributed by atoms with E-state index < -0.39 is 0 Å². The Kier molecular flexibility index (Phi) is 6.05. The Labute approximate surface area is 159 Å². The Hall–Kier alpha value is -1.81. The van der Waals surface area contributed by atoms with Crippen molar-refractivity contribution in [2.45, 2.75) is 19.3 Å². The van der Waals surface area contributed by atoms with E-state index in [4.69, 9.17) is 4.74 Å². The number of hydrogen-bond donors (Lipinski definition) is 0. The smallest absolute Gasteiger partial charge is 0.338 e. The van der Waals surface area contributed by atoms with Crippen LogP contribution in [0.4, 0.5) is 0 Å². The van der Waals surface area contributed by atoms with Crippen molar-refractivity contribution in [3.8, 4) is 0 Å². The van der Waals surface area contributed by atoms with Gasteiger partial charge in [0, 0.05) is 29.3 Å². The van der Waals surface area contributed by atoms with Gasteiger partial charge in [0.05, 0.1) is 5.56 Å². The van der Waals surface area contributed by atoms with Crippen LogP contribution in [0.3, 0.4) is 0 Å². The van der Waals surface area contributed by atoms with Crippen LogP contribution in [0.15, 0.2) is 72.8 Å². The first-order valence-electron chi connectivity index (χ1n) is 7.78. The molecular weight excluding hydrogens is 403 g/mol. The van der Waals surface area contributed by atoms with Gasteiger partial charge in [-0.1, -0.05) is 80.6 Å². The summed E-state index contributed by atoms with van der Waals surface area (Å²) in [5, 5.41) is 1.97. The van der Waals surface area contributed by atoms with E-state index in [0.29, 0.717) is 12.2 Å². The molecule has 24 heavy (non-hydrogen) atoms. The molecule has 0 aliphatic heterocycles. The zero-order valence-electron chi connectivity index (χ0n) is 14.0. The van der Waals surface area contributed by atoms with Crippen molar-refractivity contribution >= 4 is 40.6 Å². The molecule has 3 heteroatoms. The van der Waals surface area contributed by atoms with Gasteiger partial charge < -0.3 is 4.74 Å². The molecule has 3 aromatic carbocycles. The first-order chi connectivity index (χ1) is 11.1. The fourth-order valence-corrected chi connectivity index (χ4v) is 2.70. The van der Waals surface area contributed by atoms with Gasteiger partial charge in [0.1, 0.15) is 6.61 Å². The maximum Gasteiger partial charge on any atom is 0.338 e. The molecule has 0 aromatic heterocycles. The van der Waals surface area contributed by atoms with Gasteiger partial charge in [0.15, 0.2) is 0 Å². The van der Waals surface area contributed by atoms with Crippen molar-refractivity contribution in [3.63, 3.8) is 0 Å². The zero-order chi connectivity index (χ0) is 16.3. The molecule has 3 rings (SSSR count). The maximum atomic E-state index is 12.5. The number of hydrogen-bond acceptors (Lipinski definition) is 2. The molecule has 0 heterocycles. The Morgan fingerprint density at radius 2 is 1.50 bits per heavy atom. The van der Waals surface area contributed by atoms with Gasteiger partial charge in [-0.05, 0) is 22.4 Å². The molecule has 0 saturated carbocycles. The van der Waals surface area contributed by atoms with Gasteiger partial charge in [0.25, 0.3) is 0 Å². The average molecular weight is 423 g/mol. The third-order valence-corrected chi connectivity index (χ3v) is 4.13. The van der Waals surface area contributed by atoms with Crippen LogP contribution in [0, 0.1) is 0 Å². The average Bonchev–Trinajstić information content (AvgIpc) is 2.60. The predicted molar refractivity (Wildman–Crippen MR) is 99.5 cm³/mol. The van der Waals surface area contributed by atoms with Crippen molar-refractivity contribution < 1.29 is 9.53 Å². The molecule has 0 N–H and O–H groups in total. The number of rotatable bonds is 4. The number of carbonyl (C=O) groups is 1. The first-order valence-corrected chi connectivity index (χ1v) is 7.78. The van der Waals surface area contributed by atoms with E-state index in [0.717, 1.165) is 16.3 Å². The Bertz CT molecular complexity index is 820. The third-order valence-electron chi connectivity index (χ3n) is 4.13. The number of carbonyl (C=O) groups excluding carboxylic acids is 1. The van der Waals surface area contributed by atoms with Crippen molar-refractivity contribution in [1.29, 1.82) is 0 Å². The van der Waals surface area contributed by atoms with E-state index in [2.05, 4.69) is 26.0 Å². The zero-order valence-corrected chi connectivity index (χ0v) is 16.8. The van der Waals surface area contributed by atoms with Gasteiger partial charge in [-0.3, -0.25) is 0 Å². The molecule has 0 aliphatic rings. The van der Waals surface area contributed by atoms with Crippen LogP contribution in [0.2, 0.25) is 0 Å². The summed E-state index contributed by atoms with van der Waals surface area (Å²) in [6.07, 6.45) is 0. The number of benzene rings is 3. The van der Waals surface area contributed by atoms with Crippen LogP contribution in [0.1, 0.15) is 29.8 Å². The summed E-state index contributed by atoms with van der Waals surface area (Å²) in [6.45, 7) is 4.51. The summed E-state index contributed by atoms with van der Waals surface area (Å²) < 4.78 is 5.62. The monoisotopic (exact) mass is 424 g/mol. The summed E-state index contributed by atoms with van der Waals surface area (Å²) in [6, 6.07) is 23.7. The second-order valence-corrected chi connectivity index (χ2v) is 6.35. The minimum Gasteiger partial charge on any atom is -0.461 e. The topological polar surface area (TPSA) is 26.3 Å². The summed E-state index contributed by atoms with van der Waals surface area (Å²) in [5.41, 5.74) is 1.55. The summed E-state index contributed by atoms with van der Waals surface area (Å²) >= 11 is 0. The standard InChI is InChI=1S/C21H20O2.Sn/c1-21(2,17-11-4-3-5-12-17)15-23-20(22)19-14-8-10-16-9-6-7-13-18(16)19;/h3-14H,15H2,1-2H3;. The first kappa shape index (κ1) is 18.5. The molecule has 0 bridgehead atoms. The second-order valence-electron chi connectivity index (χ2n) is 6.35. The second kappa shape index (κ2) is 7.84. The normalized spacial score (nSPS) is 10.9. The van der Waals surface area contributed by atoms with Crippen LogP contribution >= 0.6 is 0 Å². The third kappa shape index (κ3) is 3.99. The van der Waals surface area contributed by atoms with Crippen LogP contribution in [-0.2, 0) is 10.2 Å². The van der Waals surface area contributed by atoms with Gasteiger partial charge in [0.2, 0.25) is 0 Å². The Morgan fingerprint density at radius 1 is 0.875 bits per heavy atom. The van der Waals surface area contributed by atoms with Gasteiger partial charge in [-0.25, -0.2) is 4.79 Å². The summed E-state index contributed by atoms with van der Waals surface area (Å²) in [4.78, 5) is 12.5. The SMILES string of the molecule is CC(C)(COC(=O)c1cccc2ccccc12)c1ccccc1.[Sn]. The van der Waals surface area contributed by atoms with Crippen LogP contribution in [0.25, 0.3) is 10.8 Å². The molecule has 4 radical (unpaired) electrons. The fraction of sp³-hybridized carbons (Fsp3) is 0.190. The molecule has 120 valence electrons. The molecule has 0 aliphatic carbocycles. The molecule has 0 atom stereocenters. The Balaban J connectivity index is 0.00000208. The predicted octanol–water partition coefficient (Wildman–Crippen LogP) is 4.59. The van der Waals surface area contributed by atoms with Crippen molar-refractivity contribution in [3.05, 3.63) is 83.9 Å². The summed E-state index contributed by atoms with van der Waals surface area (Å²) in [5.74, 6) is -0.272. The fourth-order valence-electron chi connectivity index (χ4n) is 2.70. The molecule has 0 unspecified atom stereocenters. The summed E-state index contributed by atoms with van der Waals surface area (Å²) in [7, 11) is 0. The molecule has 3 aromatic rings. The van der Waals surface area contributed by atoms with Crippen LogP contribution in [-0.4, -0.2) is 36.5 Å². The van der Waals surface area contributed by atoms with E-state index >= 15 is 0 Å². The van der Waals surface area contributed by atoms with Crippen LogP contribution < -0.4 is 0 Å². The number of ether oxygens (including phenoxy) is 1. The van der Waals surface area contributed by atoms with Crippen LogP contribution in [0.5, 0.6) is 0 Å². The number of esters is 1. The van der Waals surface area contributed by atoms with Gasteiger partial charge in [-0.2, -0.15) is 0 Å². The molecule has 0 saturated heterocycles.